The van der Waals surface area contributed by atoms with E-state index in [0.717, 1.165) is 18.4 Å². The molecule has 0 saturated heterocycles. The number of sulfonamides is 1. The quantitative estimate of drug-likeness (QED) is 0.739. The average Bonchev–Trinajstić information content (AvgIpc) is 2.72. The van der Waals surface area contributed by atoms with Crippen molar-refractivity contribution in [3.8, 4) is 11.5 Å². The Bertz CT molecular complexity index is 1010. The Balaban J connectivity index is 1.90. The number of ether oxygens (including phenoxy) is 3. The van der Waals surface area contributed by atoms with E-state index < -0.39 is 10.0 Å². The molecule has 0 aliphatic carbocycles. The first-order valence-electron chi connectivity index (χ1n) is 9.06. The van der Waals surface area contributed by atoms with Crippen LogP contribution in [0.4, 0.5) is 11.4 Å². The summed E-state index contributed by atoms with van der Waals surface area (Å²) in [5.41, 5.74) is 2.07. The molecule has 1 aliphatic rings. The first-order valence-corrected chi connectivity index (χ1v) is 10.5. The molecule has 0 spiro atoms. The number of carbonyl (C=O) groups is 1. The number of nitrogens with zero attached hydrogens (tertiary/aromatic N) is 1. The van der Waals surface area contributed by atoms with Crippen molar-refractivity contribution in [1.82, 2.24) is 0 Å². The number of amides is 1. The molecule has 0 unspecified atom stereocenters. The summed E-state index contributed by atoms with van der Waals surface area (Å²) >= 11 is 0. The van der Waals surface area contributed by atoms with Crippen LogP contribution in [-0.2, 0) is 26.0 Å². The maximum atomic E-state index is 12.8. The molecule has 3 rings (SSSR count). The zero-order valence-corrected chi connectivity index (χ0v) is 17.4. The number of hydrogen-bond acceptors (Lipinski definition) is 6. The highest BCUT2D eigenvalue weighted by Gasteiger charge is 2.24. The molecule has 2 aromatic rings. The number of rotatable bonds is 7. The minimum Gasteiger partial charge on any atom is -0.493 e. The van der Waals surface area contributed by atoms with Crippen LogP contribution in [0.15, 0.2) is 41.3 Å². The van der Waals surface area contributed by atoms with Gasteiger partial charge in [0.05, 0.1) is 24.8 Å². The Hall–Kier alpha value is -2.78. The number of methoxy groups -OCH3 is 3. The highest BCUT2D eigenvalue weighted by molar-refractivity contribution is 7.92. The fraction of sp³-hybridized carbons (Fsp3) is 0.350. The number of aryl methyl sites for hydroxylation is 1. The molecule has 29 heavy (non-hydrogen) atoms. The highest BCUT2D eigenvalue weighted by Crippen LogP contribution is 2.33. The van der Waals surface area contributed by atoms with E-state index in [-0.39, 0.29) is 17.4 Å². The Morgan fingerprint density at radius 1 is 1.07 bits per heavy atom. The normalized spacial score (nSPS) is 13.6. The van der Waals surface area contributed by atoms with Crippen molar-refractivity contribution in [2.24, 2.45) is 0 Å². The predicted octanol–water partition coefficient (Wildman–Crippen LogP) is 2.43. The number of hydrogen-bond donors (Lipinski definition) is 1. The van der Waals surface area contributed by atoms with Gasteiger partial charge in [-0.2, -0.15) is 0 Å². The van der Waals surface area contributed by atoms with Gasteiger partial charge in [-0.1, -0.05) is 6.07 Å². The minimum atomic E-state index is -3.86. The van der Waals surface area contributed by atoms with E-state index in [9.17, 15) is 13.2 Å². The number of benzene rings is 2. The molecule has 1 aliphatic heterocycles. The van der Waals surface area contributed by atoms with Gasteiger partial charge in [-0.05, 0) is 42.7 Å². The molecule has 0 radical (unpaired) electrons. The van der Waals surface area contributed by atoms with Crippen LogP contribution >= 0.6 is 0 Å². The molecule has 1 N–H and O–H groups in total. The number of anilines is 2. The van der Waals surface area contributed by atoms with E-state index in [2.05, 4.69) is 4.72 Å². The third-order valence-electron chi connectivity index (χ3n) is 4.69. The molecule has 156 valence electrons. The summed E-state index contributed by atoms with van der Waals surface area (Å²) in [5, 5.41) is 0. The van der Waals surface area contributed by atoms with Gasteiger partial charge < -0.3 is 19.1 Å². The van der Waals surface area contributed by atoms with Crippen molar-refractivity contribution < 1.29 is 27.4 Å². The third kappa shape index (κ3) is 4.46. The molecule has 8 nitrogen and oxygen atoms in total. The fourth-order valence-corrected chi connectivity index (χ4v) is 4.36. The lowest BCUT2D eigenvalue weighted by atomic mass is 10.0. The summed E-state index contributed by atoms with van der Waals surface area (Å²) in [4.78, 5) is 14.0. The summed E-state index contributed by atoms with van der Waals surface area (Å²) in [6.07, 6.45) is 1.67. The van der Waals surface area contributed by atoms with Crippen LogP contribution in [0.3, 0.4) is 0 Å². The largest absolute Gasteiger partial charge is 0.493 e. The van der Waals surface area contributed by atoms with E-state index in [4.69, 9.17) is 14.2 Å². The van der Waals surface area contributed by atoms with Crippen LogP contribution in [0.25, 0.3) is 0 Å². The molecule has 2 aromatic carbocycles. The van der Waals surface area contributed by atoms with Gasteiger partial charge in [-0.15, -0.1) is 0 Å². The number of carbonyl (C=O) groups excluding carboxylic acids is 1. The van der Waals surface area contributed by atoms with Crippen molar-refractivity contribution in [1.29, 1.82) is 0 Å². The van der Waals surface area contributed by atoms with E-state index in [0.29, 0.717) is 29.4 Å². The van der Waals surface area contributed by atoms with Gasteiger partial charge in [0.15, 0.2) is 11.5 Å². The SMILES string of the molecule is COCC(=O)N1CCCc2ccc(NS(=O)(=O)c3ccc(OC)c(OC)c3)cc21. The lowest BCUT2D eigenvalue weighted by molar-refractivity contribution is -0.122. The van der Waals surface area contributed by atoms with Gasteiger partial charge >= 0.3 is 0 Å². The van der Waals surface area contributed by atoms with Crippen molar-refractivity contribution in [2.45, 2.75) is 17.7 Å². The smallest absolute Gasteiger partial charge is 0.262 e. The zero-order valence-electron chi connectivity index (χ0n) is 16.6. The fourth-order valence-electron chi connectivity index (χ4n) is 3.30. The van der Waals surface area contributed by atoms with Crippen LogP contribution in [0.5, 0.6) is 11.5 Å². The Labute approximate surface area is 170 Å². The lowest BCUT2D eigenvalue weighted by Gasteiger charge is -2.30. The van der Waals surface area contributed by atoms with Gasteiger partial charge in [0, 0.05) is 25.4 Å². The van der Waals surface area contributed by atoms with Gasteiger partial charge in [0.1, 0.15) is 6.61 Å². The lowest BCUT2D eigenvalue weighted by Crippen LogP contribution is -2.37. The Morgan fingerprint density at radius 2 is 1.83 bits per heavy atom. The van der Waals surface area contributed by atoms with Gasteiger partial charge in [0.25, 0.3) is 15.9 Å². The van der Waals surface area contributed by atoms with Gasteiger partial charge in [0.2, 0.25) is 0 Å². The van der Waals surface area contributed by atoms with Crippen molar-refractivity contribution in [3.05, 3.63) is 42.0 Å². The Kier molecular flexibility index (Phi) is 6.29. The predicted molar refractivity (Wildman–Crippen MR) is 109 cm³/mol. The molecule has 0 atom stereocenters. The molecular weight excluding hydrogens is 396 g/mol. The summed E-state index contributed by atoms with van der Waals surface area (Å²) in [6.45, 7) is 0.544. The first-order chi connectivity index (χ1) is 13.9. The van der Waals surface area contributed by atoms with E-state index in [1.54, 1.807) is 17.0 Å². The van der Waals surface area contributed by atoms with Crippen molar-refractivity contribution in [3.63, 3.8) is 0 Å². The van der Waals surface area contributed by atoms with Crippen LogP contribution in [0.2, 0.25) is 0 Å². The maximum Gasteiger partial charge on any atom is 0.262 e. The molecule has 1 amide bonds. The second kappa shape index (κ2) is 8.71. The molecule has 0 saturated carbocycles. The summed E-state index contributed by atoms with van der Waals surface area (Å²) < 4.78 is 43.6. The topological polar surface area (TPSA) is 94.2 Å². The van der Waals surface area contributed by atoms with E-state index in [1.165, 1.54) is 39.5 Å². The monoisotopic (exact) mass is 420 g/mol. The molecule has 0 bridgehead atoms. The molecule has 9 heteroatoms. The molecule has 1 heterocycles. The summed E-state index contributed by atoms with van der Waals surface area (Å²) in [5.74, 6) is 0.595. The molecule has 0 fully saturated rings. The van der Waals surface area contributed by atoms with E-state index >= 15 is 0 Å². The number of nitrogens with one attached hydrogen (secondary N) is 1. The molecule has 0 aromatic heterocycles. The maximum absolute atomic E-state index is 12.8. The second-order valence-electron chi connectivity index (χ2n) is 6.55. The molecular formula is C20H24N2O6S. The highest BCUT2D eigenvalue weighted by atomic mass is 32.2. The zero-order chi connectivity index (χ0) is 21.0. The van der Waals surface area contributed by atoms with Crippen LogP contribution in [0.1, 0.15) is 12.0 Å². The first kappa shape index (κ1) is 20.9. The third-order valence-corrected chi connectivity index (χ3v) is 6.07. The summed E-state index contributed by atoms with van der Waals surface area (Å²) in [6, 6.07) is 9.59. The Morgan fingerprint density at radius 3 is 2.52 bits per heavy atom. The summed E-state index contributed by atoms with van der Waals surface area (Å²) in [7, 11) is 0.531. The van der Waals surface area contributed by atoms with Gasteiger partial charge in [-0.3, -0.25) is 9.52 Å². The van der Waals surface area contributed by atoms with Crippen LogP contribution < -0.4 is 19.1 Å². The van der Waals surface area contributed by atoms with Crippen LogP contribution in [0, 0.1) is 0 Å². The number of fused-ring (bicyclic) bond motifs is 1. The van der Waals surface area contributed by atoms with Gasteiger partial charge in [-0.25, -0.2) is 8.42 Å². The van der Waals surface area contributed by atoms with Crippen LogP contribution in [-0.4, -0.2) is 48.8 Å². The standard InChI is InChI=1S/C20H24N2O6S/c1-26-13-20(23)22-10-4-5-14-6-7-15(11-17(14)22)21-29(24,25)16-8-9-18(27-2)19(12-16)28-3/h6-9,11-12,21H,4-5,10,13H2,1-3H3. The van der Waals surface area contributed by atoms with Crippen molar-refractivity contribution >= 4 is 27.3 Å². The minimum absolute atomic E-state index is 0.0267. The average molecular weight is 420 g/mol. The van der Waals surface area contributed by atoms with Crippen molar-refractivity contribution in [2.75, 3.05) is 44.1 Å². The second-order valence-corrected chi connectivity index (χ2v) is 8.23. The van der Waals surface area contributed by atoms with E-state index in [1.807, 2.05) is 6.07 Å².